The minimum atomic E-state index is 0.0370. The molecule has 4 heteroatoms. The standard InChI is InChI=1S/C16H18N2OS/c1-3-9-17-15(19)8-7-14-11-20-16(18-14)13-6-4-5-12(2)10-13/h3-6,10-11H,1,7-9H2,2H3,(H,17,19). The summed E-state index contributed by atoms with van der Waals surface area (Å²) >= 11 is 1.62. The smallest absolute Gasteiger partial charge is 0.220 e. The molecule has 104 valence electrons. The van der Waals surface area contributed by atoms with E-state index < -0.39 is 0 Å². The van der Waals surface area contributed by atoms with Gasteiger partial charge in [-0.3, -0.25) is 4.79 Å². The number of carbonyl (C=O) groups is 1. The normalized spacial score (nSPS) is 10.2. The van der Waals surface area contributed by atoms with Crippen LogP contribution in [0.2, 0.25) is 0 Å². The maximum atomic E-state index is 11.5. The first-order valence-electron chi connectivity index (χ1n) is 6.58. The summed E-state index contributed by atoms with van der Waals surface area (Å²) in [7, 11) is 0. The highest BCUT2D eigenvalue weighted by atomic mass is 32.1. The zero-order valence-electron chi connectivity index (χ0n) is 11.6. The predicted molar refractivity (Wildman–Crippen MR) is 83.8 cm³/mol. The number of thiazole rings is 1. The van der Waals surface area contributed by atoms with E-state index in [-0.39, 0.29) is 5.91 Å². The zero-order valence-corrected chi connectivity index (χ0v) is 12.4. The molecule has 1 aromatic carbocycles. The SMILES string of the molecule is C=CCNC(=O)CCc1csc(-c2cccc(C)c2)n1. The van der Waals surface area contributed by atoms with Gasteiger partial charge in [-0.05, 0) is 19.4 Å². The summed E-state index contributed by atoms with van der Waals surface area (Å²) in [5, 5.41) is 5.80. The zero-order chi connectivity index (χ0) is 14.4. The van der Waals surface area contributed by atoms with Gasteiger partial charge >= 0.3 is 0 Å². The summed E-state index contributed by atoms with van der Waals surface area (Å²) in [5.74, 6) is 0.0370. The average molecular weight is 286 g/mol. The fourth-order valence-electron chi connectivity index (χ4n) is 1.85. The monoisotopic (exact) mass is 286 g/mol. The Morgan fingerprint density at radius 3 is 3.10 bits per heavy atom. The van der Waals surface area contributed by atoms with Crippen molar-refractivity contribution in [1.29, 1.82) is 0 Å². The fourth-order valence-corrected chi connectivity index (χ4v) is 2.70. The van der Waals surface area contributed by atoms with Gasteiger partial charge in [0.2, 0.25) is 5.91 Å². The Morgan fingerprint density at radius 1 is 1.50 bits per heavy atom. The number of nitrogens with zero attached hydrogens (tertiary/aromatic N) is 1. The first kappa shape index (κ1) is 14.5. The molecule has 0 saturated heterocycles. The summed E-state index contributed by atoms with van der Waals surface area (Å²) in [6, 6.07) is 8.29. The number of hydrogen-bond donors (Lipinski definition) is 1. The second kappa shape index (κ2) is 7.01. The molecule has 0 aliphatic carbocycles. The highest BCUT2D eigenvalue weighted by molar-refractivity contribution is 7.13. The molecule has 0 bridgehead atoms. The second-order valence-corrected chi connectivity index (χ2v) is 5.46. The molecule has 2 rings (SSSR count). The molecule has 0 fully saturated rings. The summed E-state index contributed by atoms with van der Waals surface area (Å²) in [5.41, 5.74) is 3.33. The van der Waals surface area contributed by atoms with Gasteiger partial charge in [-0.1, -0.05) is 29.8 Å². The molecule has 0 saturated carbocycles. The van der Waals surface area contributed by atoms with Gasteiger partial charge in [0.25, 0.3) is 0 Å². The van der Waals surface area contributed by atoms with E-state index in [0.29, 0.717) is 19.4 Å². The van der Waals surface area contributed by atoms with Crippen LogP contribution in [0.25, 0.3) is 10.6 Å². The van der Waals surface area contributed by atoms with Gasteiger partial charge in [0, 0.05) is 23.9 Å². The van der Waals surface area contributed by atoms with Crippen molar-refractivity contribution in [1.82, 2.24) is 10.3 Å². The molecule has 0 aliphatic heterocycles. The first-order chi connectivity index (χ1) is 9.69. The Hall–Kier alpha value is -1.94. The van der Waals surface area contributed by atoms with E-state index in [0.717, 1.165) is 16.3 Å². The maximum Gasteiger partial charge on any atom is 0.220 e. The number of aryl methyl sites for hydroxylation is 2. The number of carbonyl (C=O) groups excluding carboxylic acids is 1. The third kappa shape index (κ3) is 4.03. The van der Waals surface area contributed by atoms with Crippen molar-refractivity contribution in [3.05, 3.63) is 53.6 Å². The average Bonchev–Trinajstić information content (AvgIpc) is 2.92. The topological polar surface area (TPSA) is 42.0 Å². The number of hydrogen-bond acceptors (Lipinski definition) is 3. The summed E-state index contributed by atoms with van der Waals surface area (Å²) in [6.07, 6.45) is 2.81. The second-order valence-electron chi connectivity index (χ2n) is 4.61. The van der Waals surface area contributed by atoms with Crippen LogP contribution >= 0.6 is 11.3 Å². The molecule has 1 N–H and O–H groups in total. The van der Waals surface area contributed by atoms with Crippen LogP contribution in [0.5, 0.6) is 0 Å². The number of amides is 1. The Balaban J connectivity index is 1.95. The predicted octanol–water partition coefficient (Wildman–Crippen LogP) is 3.35. The highest BCUT2D eigenvalue weighted by Gasteiger charge is 2.07. The van der Waals surface area contributed by atoms with Gasteiger partial charge in [-0.15, -0.1) is 17.9 Å². The quantitative estimate of drug-likeness (QED) is 0.827. The van der Waals surface area contributed by atoms with Crippen molar-refractivity contribution >= 4 is 17.2 Å². The van der Waals surface area contributed by atoms with Crippen LogP contribution in [0.4, 0.5) is 0 Å². The van der Waals surface area contributed by atoms with Crippen molar-refractivity contribution in [3.63, 3.8) is 0 Å². The largest absolute Gasteiger partial charge is 0.353 e. The van der Waals surface area contributed by atoms with Gasteiger partial charge in [0.05, 0.1) is 5.69 Å². The molecule has 1 amide bonds. The molecule has 0 unspecified atom stereocenters. The van der Waals surface area contributed by atoms with E-state index in [4.69, 9.17) is 0 Å². The molecular weight excluding hydrogens is 268 g/mol. The van der Waals surface area contributed by atoms with E-state index in [1.54, 1.807) is 17.4 Å². The fraction of sp³-hybridized carbons (Fsp3) is 0.250. The van der Waals surface area contributed by atoms with Crippen LogP contribution in [-0.2, 0) is 11.2 Å². The van der Waals surface area contributed by atoms with Gasteiger partial charge in [-0.25, -0.2) is 4.98 Å². The molecular formula is C16H18N2OS. The Labute approximate surface area is 123 Å². The third-order valence-electron chi connectivity index (χ3n) is 2.87. The first-order valence-corrected chi connectivity index (χ1v) is 7.46. The maximum absolute atomic E-state index is 11.5. The number of aromatic nitrogens is 1. The van der Waals surface area contributed by atoms with Crippen molar-refractivity contribution in [2.45, 2.75) is 19.8 Å². The molecule has 0 aliphatic rings. The van der Waals surface area contributed by atoms with Crippen molar-refractivity contribution in [2.24, 2.45) is 0 Å². The number of benzene rings is 1. The number of rotatable bonds is 6. The lowest BCUT2D eigenvalue weighted by atomic mass is 10.1. The third-order valence-corrected chi connectivity index (χ3v) is 3.81. The van der Waals surface area contributed by atoms with Crippen LogP contribution in [-0.4, -0.2) is 17.4 Å². The summed E-state index contributed by atoms with van der Waals surface area (Å²) in [4.78, 5) is 16.1. The Morgan fingerprint density at radius 2 is 2.35 bits per heavy atom. The molecule has 0 spiro atoms. The molecule has 3 nitrogen and oxygen atoms in total. The van der Waals surface area contributed by atoms with E-state index >= 15 is 0 Å². The molecule has 20 heavy (non-hydrogen) atoms. The van der Waals surface area contributed by atoms with Gasteiger partial charge < -0.3 is 5.32 Å². The van der Waals surface area contributed by atoms with Gasteiger partial charge in [0.15, 0.2) is 0 Å². The Bertz CT molecular complexity index is 604. The van der Waals surface area contributed by atoms with E-state index in [9.17, 15) is 4.79 Å². The van der Waals surface area contributed by atoms with Gasteiger partial charge in [0.1, 0.15) is 5.01 Å². The molecule has 1 aromatic heterocycles. The minimum Gasteiger partial charge on any atom is -0.353 e. The number of nitrogens with one attached hydrogen (secondary N) is 1. The van der Waals surface area contributed by atoms with Crippen LogP contribution in [0.1, 0.15) is 17.7 Å². The lowest BCUT2D eigenvalue weighted by Gasteiger charge is -2.00. The van der Waals surface area contributed by atoms with Crippen LogP contribution in [0, 0.1) is 6.92 Å². The summed E-state index contributed by atoms with van der Waals surface area (Å²) in [6.45, 7) is 6.16. The molecule has 2 aromatic rings. The van der Waals surface area contributed by atoms with Crippen LogP contribution < -0.4 is 5.32 Å². The van der Waals surface area contributed by atoms with Crippen LogP contribution in [0.15, 0.2) is 42.3 Å². The summed E-state index contributed by atoms with van der Waals surface area (Å²) < 4.78 is 0. The van der Waals surface area contributed by atoms with Crippen LogP contribution in [0.3, 0.4) is 0 Å². The Kier molecular flexibility index (Phi) is 5.07. The van der Waals surface area contributed by atoms with E-state index in [1.807, 2.05) is 11.4 Å². The van der Waals surface area contributed by atoms with E-state index in [1.165, 1.54) is 5.56 Å². The molecule has 1 heterocycles. The van der Waals surface area contributed by atoms with Crippen molar-refractivity contribution in [2.75, 3.05) is 6.54 Å². The lowest BCUT2D eigenvalue weighted by molar-refractivity contribution is -0.120. The lowest BCUT2D eigenvalue weighted by Crippen LogP contribution is -2.23. The van der Waals surface area contributed by atoms with E-state index in [2.05, 4.69) is 42.0 Å². The highest BCUT2D eigenvalue weighted by Crippen LogP contribution is 2.24. The van der Waals surface area contributed by atoms with Crippen molar-refractivity contribution < 1.29 is 4.79 Å². The van der Waals surface area contributed by atoms with Crippen molar-refractivity contribution in [3.8, 4) is 10.6 Å². The minimum absolute atomic E-state index is 0.0370. The molecule has 0 atom stereocenters. The van der Waals surface area contributed by atoms with Gasteiger partial charge in [-0.2, -0.15) is 0 Å². The molecule has 0 radical (unpaired) electrons.